The molecule has 0 atom stereocenters. The zero-order valence-electron chi connectivity index (χ0n) is 9.24. The summed E-state index contributed by atoms with van der Waals surface area (Å²) in [6, 6.07) is 4.57. The second kappa shape index (κ2) is 4.63. The molecule has 17 heavy (non-hydrogen) atoms. The van der Waals surface area contributed by atoms with Crippen molar-refractivity contribution >= 4 is 23.1 Å². The lowest BCUT2D eigenvalue weighted by Crippen LogP contribution is -2.02. The predicted octanol–water partition coefficient (Wildman–Crippen LogP) is 2.41. The maximum Gasteiger partial charge on any atom is 0.171 e. The zero-order chi connectivity index (χ0) is 12.4. The molecule has 3 N–H and O–H groups in total. The lowest BCUT2D eigenvalue weighted by atomic mass is 10.2. The zero-order valence-corrected chi connectivity index (χ0v) is 10.0. The highest BCUT2D eigenvalue weighted by atomic mass is 35.5. The highest BCUT2D eigenvalue weighted by Gasteiger charge is 2.05. The molecule has 0 aliphatic heterocycles. The smallest absolute Gasteiger partial charge is 0.171 e. The number of nitrogens with one attached hydrogen (secondary N) is 1. The summed E-state index contributed by atoms with van der Waals surface area (Å²) in [5.41, 5.74) is 7.16. The Morgan fingerprint density at radius 1 is 1.53 bits per heavy atom. The molecule has 1 heterocycles. The van der Waals surface area contributed by atoms with Crippen molar-refractivity contribution in [3.8, 4) is 0 Å². The number of nitrogens with two attached hydrogens (primary N) is 1. The van der Waals surface area contributed by atoms with Gasteiger partial charge in [0.1, 0.15) is 5.82 Å². The van der Waals surface area contributed by atoms with Crippen molar-refractivity contribution in [2.75, 3.05) is 11.1 Å². The molecule has 0 radical (unpaired) electrons. The highest BCUT2D eigenvalue weighted by molar-refractivity contribution is 6.30. The number of nitrogens with zero attached hydrogens (tertiary/aromatic N) is 2. The fourth-order valence-corrected chi connectivity index (χ4v) is 1.68. The topological polar surface area (TPSA) is 55.9 Å². The second-order valence-electron chi connectivity index (χ2n) is 3.71. The number of hydrogen-bond donors (Lipinski definition) is 2. The molecule has 0 fully saturated rings. The molecule has 0 aliphatic carbocycles. The third-order valence-corrected chi connectivity index (χ3v) is 2.59. The first-order valence-electron chi connectivity index (χ1n) is 5.03. The average molecular weight is 255 g/mol. The van der Waals surface area contributed by atoms with E-state index in [1.807, 2.05) is 0 Å². The number of rotatable bonds is 3. The molecule has 0 unspecified atom stereocenters. The third kappa shape index (κ3) is 2.68. The fourth-order valence-electron chi connectivity index (χ4n) is 1.48. The van der Waals surface area contributed by atoms with Crippen LogP contribution < -0.4 is 11.1 Å². The monoisotopic (exact) mass is 254 g/mol. The average Bonchev–Trinajstić information content (AvgIpc) is 2.59. The van der Waals surface area contributed by atoms with E-state index in [2.05, 4.69) is 10.4 Å². The van der Waals surface area contributed by atoms with Crippen molar-refractivity contribution in [2.24, 2.45) is 7.05 Å². The summed E-state index contributed by atoms with van der Waals surface area (Å²) >= 11 is 5.68. The molecule has 0 aliphatic rings. The number of nitrogen functional groups attached to an aromatic ring is 1. The SMILES string of the molecule is Cn1cc(N)c(NCc2ccc(F)c(Cl)c2)n1. The normalized spacial score (nSPS) is 10.5. The summed E-state index contributed by atoms with van der Waals surface area (Å²) in [5, 5.41) is 7.31. The van der Waals surface area contributed by atoms with Crippen LogP contribution in [0.15, 0.2) is 24.4 Å². The van der Waals surface area contributed by atoms with Crippen molar-refractivity contribution < 1.29 is 4.39 Å². The first-order chi connectivity index (χ1) is 8.06. The van der Waals surface area contributed by atoms with Crippen molar-refractivity contribution in [3.05, 3.63) is 40.8 Å². The summed E-state index contributed by atoms with van der Waals surface area (Å²) in [7, 11) is 1.79. The minimum atomic E-state index is -0.423. The lowest BCUT2D eigenvalue weighted by Gasteiger charge is -2.05. The van der Waals surface area contributed by atoms with E-state index >= 15 is 0 Å². The Hall–Kier alpha value is -1.75. The van der Waals surface area contributed by atoms with Gasteiger partial charge in [-0.25, -0.2) is 4.39 Å². The van der Waals surface area contributed by atoms with Gasteiger partial charge in [0, 0.05) is 19.8 Å². The first kappa shape index (κ1) is 11.7. The van der Waals surface area contributed by atoms with E-state index in [4.69, 9.17) is 17.3 Å². The van der Waals surface area contributed by atoms with Crippen LogP contribution in [-0.2, 0) is 13.6 Å². The molecule has 0 spiro atoms. The molecular weight excluding hydrogens is 243 g/mol. The lowest BCUT2D eigenvalue weighted by molar-refractivity contribution is 0.627. The molecule has 1 aromatic carbocycles. The van der Waals surface area contributed by atoms with Gasteiger partial charge in [-0.05, 0) is 17.7 Å². The van der Waals surface area contributed by atoms with Gasteiger partial charge in [0.25, 0.3) is 0 Å². The quantitative estimate of drug-likeness (QED) is 0.884. The van der Waals surface area contributed by atoms with Crippen LogP contribution in [0, 0.1) is 5.82 Å². The van der Waals surface area contributed by atoms with Gasteiger partial charge < -0.3 is 11.1 Å². The summed E-state index contributed by atoms with van der Waals surface area (Å²) in [6.07, 6.45) is 1.71. The van der Waals surface area contributed by atoms with Gasteiger partial charge in [0.2, 0.25) is 0 Å². The van der Waals surface area contributed by atoms with Crippen LogP contribution in [0.3, 0.4) is 0 Å². The molecule has 4 nitrogen and oxygen atoms in total. The fraction of sp³-hybridized carbons (Fsp3) is 0.182. The summed E-state index contributed by atoms with van der Waals surface area (Å²) in [5.74, 6) is 0.181. The molecular formula is C11H12ClFN4. The molecule has 0 bridgehead atoms. The van der Waals surface area contributed by atoms with Crippen LogP contribution in [0.25, 0.3) is 0 Å². The maximum absolute atomic E-state index is 12.9. The van der Waals surface area contributed by atoms with E-state index < -0.39 is 5.82 Å². The second-order valence-corrected chi connectivity index (χ2v) is 4.12. The minimum absolute atomic E-state index is 0.110. The number of halogens is 2. The van der Waals surface area contributed by atoms with Gasteiger partial charge in [-0.3, -0.25) is 4.68 Å². The van der Waals surface area contributed by atoms with Gasteiger partial charge in [-0.15, -0.1) is 0 Å². The molecule has 90 valence electrons. The first-order valence-corrected chi connectivity index (χ1v) is 5.41. The molecule has 6 heteroatoms. The Bertz CT molecular complexity index is 538. The Kier molecular flexibility index (Phi) is 3.19. The van der Waals surface area contributed by atoms with Gasteiger partial charge in [-0.2, -0.15) is 5.10 Å². The van der Waals surface area contributed by atoms with Gasteiger partial charge >= 0.3 is 0 Å². The van der Waals surface area contributed by atoms with Crippen molar-refractivity contribution in [1.29, 1.82) is 0 Å². The summed E-state index contributed by atoms with van der Waals surface area (Å²) < 4.78 is 14.6. The van der Waals surface area contributed by atoms with E-state index in [1.165, 1.54) is 6.07 Å². The largest absolute Gasteiger partial charge is 0.394 e. The minimum Gasteiger partial charge on any atom is -0.394 e. The van der Waals surface area contributed by atoms with Crippen molar-refractivity contribution in [2.45, 2.75) is 6.54 Å². The van der Waals surface area contributed by atoms with E-state index in [0.717, 1.165) is 5.56 Å². The number of anilines is 2. The van der Waals surface area contributed by atoms with Gasteiger partial charge in [0.05, 0.1) is 10.7 Å². The molecule has 2 rings (SSSR count). The predicted molar refractivity (Wildman–Crippen MR) is 66.4 cm³/mol. The Morgan fingerprint density at radius 3 is 2.88 bits per heavy atom. The van der Waals surface area contributed by atoms with E-state index in [-0.39, 0.29) is 5.02 Å². The van der Waals surface area contributed by atoms with Crippen LogP contribution >= 0.6 is 11.6 Å². The van der Waals surface area contributed by atoms with E-state index in [0.29, 0.717) is 18.1 Å². The maximum atomic E-state index is 12.9. The Morgan fingerprint density at radius 2 is 2.29 bits per heavy atom. The number of benzene rings is 1. The van der Waals surface area contributed by atoms with Gasteiger partial charge in [0.15, 0.2) is 5.82 Å². The molecule has 2 aromatic rings. The number of hydrogen-bond acceptors (Lipinski definition) is 3. The van der Waals surface area contributed by atoms with Crippen LogP contribution in [-0.4, -0.2) is 9.78 Å². The van der Waals surface area contributed by atoms with Crippen LogP contribution in [0.1, 0.15) is 5.56 Å². The Labute approximate surface area is 103 Å². The Balaban J connectivity index is 2.07. The third-order valence-electron chi connectivity index (χ3n) is 2.30. The van der Waals surface area contributed by atoms with Crippen molar-refractivity contribution in [3.63, 3.8) is 0 Å². The molecule has 1 aromatic heterocycles. The van der Waals surface area contributed by atoms with Crippen LogP contribution in [0.5, 0.6) is 0 Å². The summed E-state index contributed by atoms with van der Waals surface area (Å²) in [6.45, 7) is 0.487. The molecule has 0 saturated carbocycles. The standard InChI is InChI=1S/C11H12ClFN4/c1-17-6-10(14)11(16-17)15-5-7-2-3-9(13)8(12)4-7/h2-4,6H,5,14H2,1H3,(H,15,16). The molecule has 0 saturated heterocycles. The number of aromatic nitrogens is 2. The highest BCUT2D eigenvalue weighted by Crippen LogP contribution is 2.18. The number of aryl methyl sites for hydroxylation is 1. The van der Waals surface area contributed by atoms with Crippen LogP contribution in [0.4, 0.5) is 15.9 Å². The van der Waals surface area contributed by atoms with Crippen LogP contribution in [0.2, 0.25) is 5.02 Å². The molecule has 0 amide bonds. The summed E-state index contributed by atoms with van der Waals surface area (Å²) in [4.78, 5) is 0. The van der Waals surface area contributed by atoms with Crippen molar-refractivity contribution in [1.82, 2.24) is 9.78 Å². The van der Waals surface area contributed by atoms with Gasteiger partial charge in [-0.1, -0.05) is 17.7 Å². The van der Waals surface area contributed by atoms with E-state index in [1.54, 1.807) is 30.1 Å². The van der Waals surface area contributed by atoms with E-state index in [9.17, 15) is 4.39 Å².